The van der Waals surface area contributed by atoms with Crippen LogP contribution in [0.5, 0.6) is 0 Å². The Morgan fingerprint density at radius 1 is 1.21 bits per heavy atom. The van der Waals surface area contributed by atoms with Gasteiger partial charge in [-0.15, -0.1) is 0 Å². The number of carbonyl (C=O) groups is 3. The molecular formula is C23H28F2N4O5. The first-order valence-electron chi connectivity index (χ1n) is 10.8. The number of piperidine rings is 1. The zero-order valence-electron chi connectivity index (χ0n) is 19.7. The quantitative estimate of drug-likeness (QED) is 0.724. The first kappa shape index (κ1) is 25.1. The maximum atomic E-state index is 14.0. The molecule has 3 amide bonds. The molecule has 0 bridgehead atoms. The van der Waals surface area contributed by atoms with E-state index < -0.39 is 41.2 Å². The van der Waals surface area contributed by atoms with Gasteiger partial charge in [-0.05, 0) is 39.3 Å². The van der Waals surface area contributed by atoms with E-state index in [1.165, 1.54) is 21.9 Å². The van der Waals surface area contributed by atoms with E-state index in [1.807, 2.05) is 0 Å². The molecule has 1 N–H and O–H groups in total. The molecule has 3 rings (SSSR count). The van der Waals surface area contributed by atoms with Crippen LogP contribution in [0.2, 0.25) is 0 Å². The average Bonchev–Trinajstić information content (AvgIpc) is 3.22. The highest BCUT2D eigenvalue weighted by Gasteiger charge is 2.39. The van der Waals surface area contributed by atoms with Crippen molar-refractivity contribution in [2.45, 2.75) is 38.8 Å². The number of halogens is 2. The minimum atomic E-state index is -0.853. The Labute approximate surface area is 196 Å². The number of hydrogen-bond donors (Lipinski definition) is 1. The maximum absolute atomic E-state index is 14.0. The van der Waals surface area contributed by atoms with E-state index in [2.05, 4.69) is 10.5 Å². The summed E-state index contributed by atoms with van der Waals surface area (Å²) in [5.74, 6) is -3.22. The zero-order valence-corrected chi connectivity index (χ0v) is 19.7. The Balaban J connectivity index is 1.74. The van der Waals surface area contributed by atoms with Crippen molar-refractivity contribution >= 4 is 17.9 Å². The topological polar surface area (TPSA) is 105 Å². The van der Waals surface area contributed by atoms with Crippen molar-refractivity contribution in [3.63, 3.8) is 0 Å². The molecule has 2 unspecified atom stereocenters. The van der Waals surface area contributed by atoms with Crippen LogP contribution in [0, 0.1) is 17.6 Å². The second kappa shape index (κ2) is 9.78. The molecule has 1 aromatic heterocycles. The zero-order chi connectivity index (χ0) is 25.2. The van der Waals surface area contributed by atoms with Crippen LogP contribution >= 0.6 is 0 Å². The van der Waals surface area contributed by atoms with Gasteiger partial charge in [-0.3, -0.25) is 9.59 Å². The smallest absolute Gasteiger partial charge is 0.410 e. The predicted molar refractivity (Wildman–Crippen MR) is 118 cm³/mol. The van der Waals surface area contributed by atoms with Gasteiger partial charge in [0.05, 0.1) is 11.5 Å². The molecule has 2 atom stereocenters. The summed E-state index contributed by atoms with van der Waals surface area (Å²) in [6.45, 7) is 5.61. The van der Waals surface area contributed by atoms with Gasteiger partial charge in [-0.25, -0.2) is 13.6 Å². The SMILES string of the molecule is CN(C)C(=O)C1CN(C(=O)OC(C)(C)C)CCC1NC(=O)c1cc(-c2ccc(F)cc2F)on1. The molecule has 0 spiro atoms. The van der Waals surface area contributed by atoms with E-state index in [0.29, 0.717) is 12.5 Å². The molecule has 0 saturated carbocycles. The van der Waals surface area contributed by atoms with Crippen molar-refractivity contribution in [3.05, 3.63) is 41.6 Å². The van der Waals surface area contributed by atoms with E-state index in [-0.39, 0.29) is 36.0 Å². The van der Waals surface area contributed by atoms with Crippen molar-refractivity contribution < 1.29 is 32.4 Å². The molecule has 2 aromatic rings. The van der Waals surface area contributed by atoms with Crippen LogP contribution in [-0.4, -0.2) is 71.7 Å². The molecule has 1 saturated heterocycles. The third kappa shape index (κ3) is 5.89. The fourth-order valence-electron chi connectivity index (χ4n) is 3.64. The number of rotatable bonds is 4. The van der Waals surface area contributed by atoms with Gasteiger partial charge in [-0.1, -0.05) is 5.16 Å². The van der Waals surface area contributed by atoms with Gasteiger partial charge in [0.25, 0.3) is 5.91 Å². The number of nitrogens with zero attached hydrogens (tertiary/aromatic N) is 3. The van der Waals surface area contributed by atoms with Gasteiger partial charge in [0.2, 0.25) is 5.91 Å². The summed E-state index contributed by atoms with van der Waals surface area (Å²) in [5.41, 5.74) is -0.846. The number of ether oxygens (including phenoxy) is 1. The summed E-state index contributed by atoms with van der Waals surface area (Å²) in [4.78, 5) is 41.0. The lowest BCUT2D eigenvalue weighted by atomic mass is 9.90. The fraction of sp³-hybridized carbons (Fsp3) is 0.478. The van der Waals surface area contributed by atoms with E-state index in [0.717, 1.165) is 6.07 Å². The van der Waals surface area contributed by atoms with E-state index >= 15 is 0 Å². The molecule has 1 aromatic carbocycles. The van der Waals surface area contributed by atoms with Crippen molar-refractivity contribution in [1.29, 1.82) is 0 Å². The van der Waals surface area contributed by atoms with Crippen LogP contribution in [0.4, 0.5) is 13.6 Å². The summed E-state index contributed by atoms with van der Waals surface area (Å²) < 4.78 is 37.7. The summed E-state index contributed by atoms with van der Waals surface area (Å²) >= 11 is 0. The van der Waals surface area contributed by atoms with Crippen LogP contribution in [0.15, 0.2) is 28.8 Å². The summed E-state index contributed by atoms with van der Waals surface area (Å²) in [5, 5.41) is 6.46. The molecule has 0 aliphatic carbocycles. The number of hydrogen-bond acceptors (Lipinski definition) is 6. The van der Waals surface area contributed by atoms with Gasteiger partial charge in [0.15, 0.2) is 11.5 Å². The number of likely N-dealkylation sites (tertiary alicyclic amines) is 1. The molecule has 2 heterocycles. The maximum Gasteiger partial charge on any atom is 0.410 e. The van der Waals surface area contributed by atoms with Crippen molar-refractivity contribution in [3.8, 4) is 11.3 Å². The number of aromatic nitrogens is 1. The lowest BCUT2D eigenvalue weighted by Gasteiger charge is -2.39. The van der Waals surface area contributed by atoms with Gasteiger partial charge in [-0.2, -0.15) is 0 Å². The number of nitrogens with one attached hydrogen (secondary N) is 1. The lowest BCUT2D eigenvalue weighted by Crippen LogP contribution is -2.57. The normalized spacial score (nSPS) is 18.4. The molecule has 1 aliphatic rings. The minimum Gasteiger partial charge on any atom is -0.444 e. The van der Waals surface area contributed by atoms with Crippen LogP contribution in [0.25, 0.3) is 11.3 Å². The second-order valence-electron chi connectivity index (χ2n) is 9.33. The molecule has 1 aliphatic heterocycles. The second-order valence-corrected chi connectivity index (χ2v) is 9.33. The number of benzene rings is 1. The Hall–Kier alpha value is -3.50. The van der Waals surface area contributed by atoms with Gasteiger partial charge < -0.3 is 24.4 Å². The van der Waals surface area contributed by atoms with Crippen LogP contribution in [0.3, 0.4) is 0 Å². The molecule has 0 radical (unpaired) electrons. The van der Waals surface area contributed by atoms with E-state index in [1.54, 1.807) is 34.9 Å². The van der Waals surface area contributed by atoms with Gasteiger partial charge in [0, 0.05) is 45.4 Å². The van der Waals surface area contributed by atoms with Crippen molar-refractivity contribution in [1.82, 2.24) is 20.3 Å². The van der Waals surface area contributed by atoms with Crippen LogP contribution in [-0.2, 0) is 9.53 Å². The first-order valence-corrected chi connectivity index (χ1v) is 10.8. The Morgan fingerprint density at radius 2 is 1.91 bits per heavy atom. The standard InChI is InChI=1S/C23H28F2N4O5/c1-23(2,3)33-22(32)29-9-8-17(15(12-29)21(31)28(4)5)26-20(30)18-11-19(34-27-18)14-7-6-13(24)10-16(14)25/h6-7,10-11,15,17H,8-9,12H2,1-5H3,(H,26,30). The highest BCUT2D eigenvalue weighted by atomic mass is 19.1. The molecule has 11 heteroatoms. The largest absolute Gasteiger partial charge is 0.444 e. The first-order chi connectivity index (χ1) is 15.9. The Bertz CT molecular complexity index is 1080. The van der Waals surface area contributed by atoms with Crippen molar-refractivity contribution in [2.24, 2.45) is 5.92 Å². The fourth-order valence-corrected chi connectivity index (χ4v) is 3.64. The third-order valence-corrected chi connectivity index (χ3v) is 5.28. The monoisotopic (exact) mass is 478 g/mol. The predicted octanol–water partition coefficient (Wildman–Crippen LogP) is 3.06. The molecule has 34 heavy (non-hydrogen) atoms. The summed E-state index contributed by atoms with van der Waals surface area (Å²) in [7, 11) is 3.18. The van der Waals surface area contributed by atoms with Crippen LogP contribution < -0.4 is 5.32 Å². The molecule has 184 valence electrons. The Morgan fingerprint density at radius 3 is 2.53 bits per heavy atom. The lowest BCUT2D eigenvalue weighted by molar-refractivity contribution is -0.135. The van der Waals surface area contributed by atoms with Crippen LogP contribution in [0.1, 0.15) is 37.7 Å². The van der Waals surface area contributed by atoms with E-state index in [4.69, 9.17) is 9.26 Å². The van der Waals surface area contributed by atoms with Gasteiger partial charge in [0.1, 0.15) is 17.2 Å². The summed E-state index contributed by atoms with van der Waals surface area (Å²) in [6.07, 6.45) is -0.219. The molecule has 9 nitrogen and oxygen atoms in total. The highest BCUT2D eigenvalue weighted by molar-refractivity contribution is 5.94. The van der Waals surface area contributed by atoms with Gasteiger partial charge >= 0.3 is 6.09 Å². The van der Waals surface area contributed by atoms with Crippen molar-refractivity contribution in [2.75, 3.05) is 27.2 Å². The molecule has 1 fully saturated rings. The Kier molecular flexibility index (Phi) is 7.23. The molecular weight excluding hydrogens is 450 g/mol. The third-order valence-electron chi connectivity index (χ3n) is 5.28. The van der Waals surface area contributed by atoms with E-state index in [9.17, 15) is 23.2 Å². The minimum absolute atomic E-state index is 0.0386. The average molecular weight is 478 g/mol. The summed E-state index contributed by atoms with van der Waals surface area (Å²) in [6, 6.07) is 3.61. The number of amides is 3. The number of carbonyl (C=O) groups excluding carboxylic acids is 3. The highest BCUT2D eigenvalue weighted by Crippen LogP contribution is 2.25.